The van der Waals surface area contributed by atoms with Crippen LogP contribution in [-0.2, 0) is 36.0 Å². The zero-order valence-corrected chi connectivity index (χ0v) is 20.1. The SMILES string of the molecule is COC(OC(=O)[C@@H]1CCCN1S(=O)(=O)c1ccccc1)(c1ccccc1)C(F)(F)c1cccc[n+]1[O-]. The molecule has 2 heterocycles. The largest absolute Gasteiger partial charge is 0.618 e. The summed E-state index contributed by atoms with van der Waals surface area (Å²) in [5.41, 5.74) is -1.24. The maximum Gasteiger partial charge on any atom is 0.399 e. The number of carbonyl (C=O) groups excluding carboxylic acids is 1. The highest BCUT2D eigenvalue weighted by molar-refractivity contribution is 7.89. The van der Waals surface area contributed by atoms with Gasteiger partial charge in [-0.05, 0) is 31.0 Å². The van der Waals surface area contributed by atoms with Crippen molar-refractivity contribution in [2.45, 2.75) is 35.5 Å². The number of sulfonamides is 1. The summed E-state index contributed by atoms with van der Waals surface area (Å²) in [6, 6.07) is 16.6. The molecule has 1 fully saturated rings. The molecule has 4 rings (SSSR count). The predicted molar refractivity (Wildman–Crippen MR) is 124 cm³/mol. The summed E-state index contributed by atoms with van der Waals surface area (Å²) in [7, 11) is -3.17. The fourth-order valence-corrected chi connectivity index (χ4v) is 5.96. The number of nitrogens with zero attached hydrogens (tertiary/aromatic N) is 2. The molecule has 0 N–H and O–H groups in total. The number of benzene rings is 2. The van der Waals surface area contributed by atoms with Crippen LogP contribution in [0.4, 0.5) is 8.78 Å². The van der Waals surface area contributed by atoms with Crippen LogP contribution in [0, 0.1) is 5.21 Å². The topological polar surface area (TPSA) is 99.8 Å². The number of alkyl halides is 2. The first-order valence-corrected chi connectivity index (χ1v) is 12.6. The van der Waals surface area contributed by atoms with Crippen molar-refractivity contribution in [1.29, 1.82) is 0 Å². The van der Waals surface area contributed by atoms with Gasteiger partial charge in [0, 0.05) is 31.4 Å². The van der Waals surface area contributed by atoms with E-state index in [-0.39, 0.29) is 28.2 Å². The summed E-state index contributed by atoms with van der Waals surface area (Å²) in [6.45, 7) is 0.0119. The molecule has 1 aliphatic rings. The van der Waals surface area contributed by atoms with Gasteiger partial charge in [-0.15, -0.1) is 0 Å². The Hall–Kier alpha value is -3.41. The van der Waals surface area contributed by atoms with Gasteiger partial charge in [0.1, 0.15) is 6.04 Å². The van der Waals surface area contributed by atoms with Crippen LogP contribution in [0.2, 0.25) is 0 Å². The van der Waals surface area contributed by atoms with Crippen molar-refractivity contribution < 1.29 is 36.2 Å². The van der Waals surface area contributed by atoms with E-state index in [0.29, 0.717) is 6.42 Å². The van der Waals surface area contributed by atoms with E-state index in [1.807, 2.05) is 0 Å². The van der Waals surface area contributed by atoms with E-state index in [1.54, 1.807) is 24.3 Å². The summed E-state index contributed by atoms with van der Waals surface area (Å²) in [4.78, 5) is 13.4. The van der Waals surface area contributed by atoms with E-state index in [0.717, 1.165) is 23.7 Å². The lowest BCUT2D eigenvalue weighted by Crippen LogP contribution is -2.55. The number of carbonyl (C=O) groups is 1. The number of halogens is 2. The molecule has 11 heteroatoms. The van der Waals surface area contributed by atoms with Gasteiger partial charge in [0.2, 0.25) is 10.0 Å². The molecule has 36 heavy (non-hydrogen) atoms. The Morgan fingerprint density at radius 3 is 2.25 bits per heavy atom. The minimum absolute atomic E-state index is 0.0119. The Balaban J connectivity index is 1.77. The highest BCUT2D eigenvalue weighted by Crippen LogP contribution is 2.48. The lowest BCUT2D eigenvalue weighted by atomic mass is 9.95. The Bertz CT molecular complexity index is 1320. The van der Waals surface area contributed by atoms with Crippen molar-refractivity contribution in [2.75, 3.05) is 13.7 Å². The molecule has 2 aromatic carbocycles. The molecule has 1 saturated heterocycles. The molecule has 3 aromatic rings. The van der Waals surface area contributed by atoms with E-state index in [9.17, 15) is 18.4 Å². The van der Waals surface area contributed by atoms with Gasteiger partial charge < -0.3 is 14.7 Å². The van der Waals surface area contributed by atoms with E-state index in [2.05, 4.69) is 0 Å². The molecular weight excluding hydrogens is 494 g/mol. The molecule has 0 amide bonds. The molecule has 0 spiro atoms. The zero-order valence-electron chi connectivity index (χ0n) is 19.3. The first kappa shape index (κ1) is 25.7. The summed E-state index contributed by atoms with van der Waals surface area (Å²) >= 11 is 0. The van der Waals surface area contributed by atoms with Crippen LogP contribution < -0.4 is 4.73 Å². The van der Waals surface area contributed by atoms with Crippen molar-refractivity contribution >= 4 is 16.0 Å². The number of pyridine rings is 1. The molecule has 1 aliphatic heterocycles. The highest BCUT2D eigenvalue weighted by Gasteiger charge is 2.65. The second-order valence-corrected chi connectivity index (χ2v) is 10.1. The maximum absolute atomic E-state index is 16.1. The van der Waals surface area contributed by atoms with Crippen molar-refractivity contribution in [2.24, 2.45) is 0 Å². The summed E-state index contributed by atoms with van der Waals surface area (Å²) in [5.74, 6) is -8.43. The molecule has 0 aliphatic carbocycles. The Kier molecular flexibility index (Phi) is 7.07. The van der Waals surface area contributed by atoms with Gasteiger partial charge in [-0.1, -0.05) is 48.5 Å². The van der Waals surface area contributed by atoms with Gasteiger partial charge in [-0.25, -0.2) is 8.42 Å². The smallest absolute Gasteiger partial charge is 0.399 e. The van der Waals surface area contributed by atoms with Crippen LogP contribution >= 0.6 is 0 Å². The minimum atomic E-state index is -4.16. The molecule has 1 unspecified atom stereocenters. The summed E-state index contributed by atoms with van der Waals surface area (Å²) in [6.07, 6.45) is 1.28. The zero-order chi connectivity index (χ0) is 26.0. The quantitative estimate of drug-likeness (QED) is 0.196. The molecule has 0 radical (unpaired) electrons. The fourth-order valence-electron chi connectivity index (χ4n) is 4.29. The third-order valence-corrected chi connectivity index (χ3v) is 7.99. The lowest BCUT2D eigenvalue weighted by Gasteiger charge is -2.38. The number of hydrogen-bond donors (Lipinski definition) is 0. The van der Waals surface area contributed by atoms with Crippen molar-refractivity contribution in [1.82, 2.24) is 4.31 Å². The third-order valence-electron chi connectivity index (χ3n) is 6.07. The summed E-state index contributed by atoms with van der Waals surface area (Å²) < 4.78 is 70.2. The van der Waals surface area contributed by atoms with Gasteiger partial charge in [-0.3, -0.25) is 4.79 Å². The van der Waals surface area contributed by atoms with Gasteiger partial charge in [0.25, 0.3) is 5.69 Å². The maximum atomic E-state index is 16.1. The third kappa shape index (κ3) is 4.34. The lowest BCUT2D eigenvalue weighted by molar-refractivity contribution is -0.630. The van der Waals surface area contributed by atoms with Gasteiger partial charge in [-0.2, -0.15) is 17.8 Å². The van der Waals surface area contributed by atoms with E-state index in [1.165, 1.54) is 48.5 Å². The fraction of sp³-hybridized carbons (Fsp3) is 0.280. The number of aromatic nitrogens is 1. The summed E-state index contributed by atoms with van der Waals surface area (Å²) in [5, 5.41) is 12.3. The van der Waals surface area contributed by atoms with Gasteiger partial charge in [0.05, 0.1) is 4.90 Å². The van der Waals surface area contributed by atoms with Crippen molar-refractivity contribution in [3.8, 4) is 0 Å². The average molecular weight is 519 g/mol. The van der Waals surface area contributed by atoms with Crippen LogP contribution in [0.25, 0.3) is 0 Å². The standard InChI is InChI=1S/C25H24F2N2O6S/c1-34-25(19-11-4-2-5-12-19,24(26,27)22-16-8-9-17-28(22)31)35-23(30)21-15-10-18-29(21)36(32,33)20-13-6-3-7-14-20/h2-9,11-14,16-17,21H,10,15,18H2,1H3/t21-,25?/m0/s1. The van der Waals surface area contributed by atoms with Crippen LogP contribution in [0.1, 0.15) is 24.1 Å². The Morgan fingerprint density at radius 2 is 1.64 bits per heavy atom. The Labute approximate surface area is 207 Å². The molecule has 0 saturated carbocycles. The van der Waals surface area contributed by atoms with Crippen molar-refractivity contribution in [3.05, 3.63) is 102 Å². The molecule has 8 nitrogen and oxygen atoms in total. The van der Waals surface area contributed by atoms with Gasteiger partial charge >= 0.3 is 17.7 Å². The Morgan fingerprint density at radius 1 is 1.03 bits per heavy atom. The number of ether oxygens (including phenoxy) is 2. The predicted octanol–water partition coefficient (Wildman–Crippen LogP) is 3.31. The van der Waals surface area contributed by atoms with Crippen LogP contribution in [0.15, 0.2) is 90.0 Å². The van der Waals surface area contributed by atoms with Crippen molar-refractivity contribution in [3.63, 3.8) is 0 Å². The number of methoxy groups -OCH3 is 1. The first-order chi connectivity index (χ1) is 17.1. The first-order valence-electron chi connectivity index (χ1n) is 11.1. The molecule has 1 aromatic heterocycles. The number of rotatable bonds is 8. The minimum Gasteiger partial charge on any atom is -0.618 e. The van der Waals surface area contributed by atoms with Crippen LogP contribution in [0.5, 0.6) is 0 Å². The van der Waals surface area contributed by atoms with Crippen LogP contribution in [-0.4, -0.2) is 38.4 Å². The van der Waals surface area contributed by atoms with E-state index in [4.69, 9.17) is 9.47 Å². The van der Waals surface area contributed by atoms with E-state index >= 15 is 8.78 Å². The highest BCUT2D eigenvalue weighted by atomic mass is 32.2. The second-order valence-electron chi connectivity index (χ2n) is 8.18. The van der Waals surface area contributed by atoms with Gasteiger partial charge in [0.15, 0.2) is 6.20 Å². The van der Waals surface area contributed by atoms with E-state index < -0.39 is 39.4 Å². The number of hydrogen-bond acceptors (Lipinski definition) is 6. The molecule has 0 bridgehead atoms. The monoisotopic (exact) mass is 518 g/mol. The second kappa shape index (κ2) is 9.92. The molecular formula is C25H24F2N2O6S. The van der Waals surface area contributed by atoms with Crippen LogP contribution in [0.3, 0.4) is 0 Å². The average Bonchev–Trinajstić information content (AvgIpc) is 3.39. The normalized spacial score (nSPS) is 18.5. The number of esters is 1. The molecule has 2 atom stereocenters. The molecule has 190 valence electrons.